The van der Waals surface area contributed by atoms with Gasteiger partial charge in [0.25, 0.3) is 5.56 Å². The molecule has 0 aliphatic rings. The Balaban J connectivity index is 1.94. The maximum Gasteiger partial charge on any atom is 0.404 e. The molecule has 0 aliphatic heterocycles. The molecule has 0 saturated carbocycles. The van der Waals surface area contributed by atoms with Crippen LogP contribution in [0.1, 0.15) is 5.56 Å². The molecular formula is C14H15N3O4. The number of carboxylic acid groups (broad SMARTS) is 1. The largest absolute Gasteiger partial charge is 0.490 e. The fraction of sp³-hybridized carbons (Fsp3) is 0.214. The molecule has 7 heteroatoms. The van der Waals surface area contributed by atoms with E-state index in [2.05, 4.69) is 10.4 Å². The Kier molecular flexibility index (Phi) is 4.92. The summed E-state index contributed by atoms with van der Waals surface area (Å²) in [5.74, 6) is 0.316. The minimum Gasteiger partial charge on any atom is -0.490 e. The van der Waals surface area contributed by atoms with Gasteiger partial charge >= 0.3 is 6.09 Å². The van der Waals surface area contributed by atoms with E-state index in [1.54, 1.807) is 0 Å². The fourth-order valence-electron chi connectivity index (χ4n) is 1.70. The van der Waals surface area contributed by atoms with E-state index < -0.39 is 6.09 Å². The molecular weight excluding hydrogens is 274 g/mol. The van der Waals surface area contributed by atoms with E-state index in [0.717, 1.165) is 5.56 Å². The molecule has 0 saturated heterocycles. The molecule has 7 nitrogen and oxygen atoms in total. The Morgan fingerprint density at radius 1 is 1.33 bits per heavy atom. The Morgan fingerprint density at radius 3 is 2.76 bits per heavy atom. The second-order valence-corrected chi connectivity index (χ2v) is 4.25. The topological polar surface area (TPSA) is 93.4 Å². The Labute approximate surface area is 120 Å². The fourth-order valence-corrected chi connectivity index (χ4v) is 1.70. The molecule has 0 atom stereocenters. The number of ether oxygens (including phenoxy) is 1. The summed E-state index contributed by atoms with van der Waals surface area (Å²) in [7, 11) is 0. The van der Waals surface area contributed by atoms with Crippen molar-refractivity contribution < 1.29 is 14.6 Å². The van der Waals surface area contributed by atoms with Crippen LogP contribution in [0.5, 0.6) is 5.75 Å². The molecule has 0 spiro atoms. The van der Waals surface area contributed by atoms with Gasteiger partial charge in [0.05, 0.1) is 19.3 Å². The predicted molar refractivity (Wildman–Crippen MR) is 75.6 cm³/mol. The van der Waals surface area contributed by atoms with Gasteiger partial charge in [-0.05, 0) is 5.56 Å². The van der Waals surface area contributed by atoms with Crippen molar-refractivity contribution in [3.63, 3.8) is 0 Å². The summed E-state index contributed by atoms with van der Waals surface area (Å²) in [6.07, 6.45) is 0.320. The molecule has 1 aromatic carbocycles. The highest BCUT2D eigenvalue weighted by atomic mass is 16.5. The van der Waals surface area contributed by atoms with Crippen molar-refractivity contribution in [1.29, 1.82) is 0 Å². The minimum atomic E-state index is -1.12. The van der Waals surface area contributed by atoms with Crippen molar-refractivity contribution in [1.82, 2.24) is 15.1 Å². The van der Waals surface area contributed by atoms with E-state index in [0.29, 0.717) is 12.3 Å². The van der Waals surface area contributed by atoms with Crippen LogP contribution in [0.25, 0.3) is 0 Å². The summed E-state index contributed by atoms with van der Waals surface area (Å²) in [5.41, 5.74) is 0.703. The zero-order chi connectivity index (χ0) is 15.1. The lowest BCUT2D eigenvalue weighted by atomic mass is 10.2. The molecule has 2 aromatic rings. The molecule has 0 radical (unpaired) electrons. The summed E-state index contributed by atoms with van der Waals surface area (Å²) in [6, 6.07) is 10.9. The quantitative estimate of drug-likeness (QED) is 0.772. The van der Waals surface area contributed by atoms with Crippen LogP contribution in [0.15, 0.2) is 47.4 Å². The van der Waals surface area contributed by atoms with Crippen molar-refractivity contribution >= 4 is 6.09 Å². The second kappa shape index (κ2) is 7.09. The van der Waals surface area contributed by atoms with Gasteiger partial charge in [-0.2, -0.15) is 5.10 Å². The van der Waals surface area contributed by atoms with E-state index in [1.165, 1.54) is 16.9 Å². The van der Waals surface area contributed by atoms with Gasteiger partial charge < -0.3 is 15.2 Å². The number of rotatable bonds is 6. The molecule has 1 amide bonds. The molecule has 0 aliphatic carbocycles. The third-order valence-corrected chi connectivity index (χ3v) is 2.67. The first-order valence-electron chi connectivity index (χ1n) is 6.36. The van der Waals surface area contributed by atoms with Gasteiger partial charge in [-0.15, -0.1) is 0 Å². The molecule has 2 N–H and O–H groups in total. The minimum absolute atomic E-state index is 0.135. The van der Waals surface area contributed by atoms with Gasteiger partial charge in [-0.25, -0.2) is 9.48 Å². The lowest BCUT2D eigenvalue weighted by Crippen LogP contribution is -2.27. The molecule has 1 heterocycles. The monoisotopic (exact) mass is 289 g/mol. The number of amides is 1. The van der Waals surface area contributed by atoms with Crippen LogP contribution in [0, 0.1) is 0 Å². The zero-order valence-corrected chi connectivity index (χ0v) is 11.2. The van der Waals surface area contributed by atoms with E-state index in [1.807, 2.05) is 30.3 Å². The lowest BCUT2D eigenvalue weighted by Gasteiger charge is -2.08. The third-order valence-electron chi connectivity index (χ3n) is 2.67. The van der Waals surface area contributed by atoms with Crippen LogP contribution in [0.2, 0.25) is 0 Å². The molecule has 21 heavy (non-hydrogen) atoms. The van der Waals surface area contributed by atoms with E-state index in [-0.39, 0.29) is 18.7 Å². The smallest absolute Gasteiger partial charge is 0.404 e. The van der Waals surface area contributed by atoms with Crippen molar-refractivity contribution in [3.8, 4) is 5.75 Å². The van der Waals surface area contributed by atoms with Gasteiger partial charge in [0.2, 0.25) is 0 Å². The third kappa shape index (κ3) is 4.64. The Morgan fingerprint density at radius 2 is 2.10 bits per heavy atom. The van der Waals surface area contributed by atoms with Gasteiger partial charge in [0.15, 0.2) is 0 Å². The number of nitrogens with one attached hydrogen (secondary N) is 1. The number of carbonyl (C=O) groups is 1. The van der Waals surface area contributed by atoms with Crippen LogP contribution in [0.4, 0.5) is 4.79 Å². The number of aromatic nitrogens is 2. The van der Waals surface area contributed by atoms with E-state index in [4.69, 9.17) is 9.84 Å². The van der Waals surface area contributed by atoms with Crippen molar-refractivity contribution in [2.24, 2.45) is 0 Å². The van der Waals surface area contributed by atoms with Crippen molar-refractivity contribution in [3.05, 3.63) is 58.5 Å². The van der Waals surface area contributed by atoms with Gasteiger partial charge in [0.1, 0.15) is 12.4 Å². The average Bonchev–Trinajstić information content (AvgIpc) is 2.47. The first-order valence-corrected chi connectivity index (χ1v) is 6.36. The SMILES string of the molecule is O=C(O)NCCOc1cnn(Cc2ccccc2)c(=O)c1. The van der Waals surface area contributed by atoms with Gasteiger partial charge in [-0.3, -0.25) is 4.79 Å². The van der Waals surface area contributed by atoms with E-state index >= 15 is 0 Å². The van der Waals surface area contributed by atoms with Gasteiger partial charge in [0, 0.05) is 6.07 Å². The highest BCUT2D eigenvalue weighted by Gasteiger charge is 2.02. The lowest BCUT2D eigenvalue weighted by molar-refractivity contribution is 0.191. The molecule has 1 aromatic heterocycles. The highest BCUT2D eigenvalue weighted by molar-refractivity contribution is 5.64. The summed E-state index contributed by atoms with van der Waals surface area (Å²) in [5, 5.41) is 14.6. The standard InChI is InChI=1S/C14H15N3O4/c18-13-8-12(21-7-6-15-14(19)20)9-16-17(13)10-11-4-2-1-3-5-11/h1-5,8-9,15H,6-7,10H2,(H,19,20). The van der Waals surface area contributed by atoms with Crippen LogP contribution in [0.3, 0.4) is 0 Å². The van der Waals surface area contributed by atoms with E-state index in [9.17, 15) is 9.59 Å². The number of hydrogen-bond donors (Lipinski definition) is 2. The summed E-state index contributed by atoms with van der Waals surface area (Å²) >= 11 is 0. The number of nitrogens with zero attached hydrogens (tertiary/aromatic N) is 2. The Hall–Kier alpha value is -2.83. The highest BCUT2D eigenvalue weighted by Crippen LogP contribution is 2.04. The molecule has 0 unspecified atom stereocenters. The summed E-state index contributed by atoms with van der Waals surface area (Å²) in [6.45, 7) is 0.666. The van der Waals surface area contributed by atoms with Crippen molar-refractivity contribution in [2.75, 3.05) is 13.2 Å². The number of benzene rings is 1. The molecule has 0 fully saturated rings. The maximum atomic E-state index is 11.9. The van der Waals surface area contributed by atoms with Crippen LogP contribution in [-0.4, -0.2) is 34.1 Å². The molecule has 2 rings (SSSR count). The first kappa shape index (κ1) is 14.6. The van der Waals surface area contributed by atoms with Gasteiger partial charge in [-0.1, -0.05) is 30.3 Å². The summed E-state index contributed by atoms with van der Waals surface area (Å²) in [4.78, 5) is 22.1. The second-order valence-electron chi connectivity index (χ2n) is 4.25. The van der Waals surface area contributed by atoms with Crippen LogP contribution < -0.4 is 15.6 Å². The summed E-state index contributed by atoms with van der Waals surface area (Å²) < 4.78 is 6.57. The average molecular weight is 289 g/mol. The van der Waals surface area contributed by atoms with Crippen molar-refractivity contribution in [2.45, 2.75) is 6.54 Å². The predicted octanol–water partition coefficient (Wildman–Crippen LogP) is 0.938. The number of hydrogen-bond acceptors (Lipinski definition) is 4. The maximum absolute atomic E-state index is 11.9. The van der Waals surface area contributed by atoms with Crippen LogP contribution in [-0.2, 0) is 6.54 Å². The van der Waals surface area contributed by atoms with Crippen LogP contribution >= 0.6 is 0 Å². The molecule has 0 bridgehead atoms. The normalized spacial score (nSPS) is 10.1. The Bertz CT molecular complexity index is 655. The zero-order valence-electron chi connectivity index (χ0n) is 11.2. The molecule has 110 valence electrons. The first-order chi connectivity index (χ1) is 10.1.